The van der Waals surface area contributed by atoms with E-state index < -0.39 is 0 Å². The number of nitrogens with zero attached hydrogens (tertiary/aromatic N) is 1. The van der Waals surface area contributed by atoms with Crippen LogP contribution in [0.1, 0.15) is 24.8 Å². The van der Waals surface area contributed by atoms with E-state index in [4.69, 9.17) is 0 Å². The predicted octanol–water partition coefficient (Wildman–Crippen LogP) is 1.40. The van der Waals surface area contributed by atoms with Crippen LogP contribution in [0, 0.1) is 5.82 Å². The zero-order valence-corrected chi connectivity index (χ0v) is 11.5. The molecule has 5 heteroatoms. The molecular weight excluding hydrogens is 257 g/mol. The average molecular weight is 277 g/mol. The number of carbonyl (C=O) groups is 1. The van der Waals surface area contributed by atoms with Crippen molar-refractivity contribution in [2.24, 2.45) is 0 Å². The Morgan fingerprint density at radius 2 is 2.20 bits per heavy atom. The molecule has 2 aliphatic rings. The summed E-state index contributed by atoms with van der Waals surface area (Å²) in [4.78, 5) is 13.2. The monoisotopic (exact) mass is 277 g/mol. The topological polar surface area (TPSA) is 44.4 Å². The molecule has 1 saturated heterocycles. The lowest BCUT2D eigenvalue weighted by Crippen LogP contribution is -2.29. The maximum atomic E-state index is 14.2. The van der Waals surface area contributed by atoms with Crippen LogP contribution in [0.5, 0.6) is 0 Å². The minimum atomic E-state index is -0.200. The molecule has 0 bridgehead atoms. The molecule has 1 heterocycles. The number of amides is 1. The molecule has 4 nitrogen and oxygen atoms in total. The Kier molecular flexibility index (Phi) is 3.87. The van der Waals surface area contributed by atoms with Gasteiger partial charge in [0.05, 0.1) is 5.69 Å². The zero-order chi connectivity index (χ0) is 13.9. The Morgan fingerprint density at radius 3 is 2.95 bits per heavy atom. The molecule has 1 amide bonds. The van der Waals surface area contributed by atoms with E-state index in [0.29, 0.717) is 37.8 Å². The third kappa shape index (κ3) is 3.28. The second-order valence-electron chi connectivity index (χ2n) is 5.53. The number of hydrogen-bond donors (Lipinski definition) is 2. The quantitative estimate of drug-likeness (QED) is 0.874. The normalized spacial score (nSPS) is 19.6. The molecule has 0 radical (unpaired) electrons. The van der Waals surface area contributed by atoms with Crippen LogP contribution in [-0.2, 0) is 11.3 Å². The molecule has 1 saturated carbocycles. The first-order valence-electron chi connectivity index (χ1n) is 7.26. The fraction of sp³-hybridized carbons (Fsp3) is 0.533. The summed E-state index contributed by atoms with van der Waals surface area (Å²) in [5, 5.41) is 6.18. The van der Waals surface area contributed by atoms with Gasteiger partial charge in [0.2, 0.25) is 5.91 Å². The molecule has 3 rings (SSSR count). The van der Waals surface area contributed by atoms with Gasteiger partial charge in [0.25, 0.3) is 0 Å². The first-order chi connectivity index (χ1) is 9.72. The number of anilines is 1. The summed E-state index contributed by atoms with van der Waals surface area (Å²) in [5.41, 5.74) is 1.57. The fourth-order valence-electron chi connectivity index (χ4n) is 2.47. The van der Waals surface area contributed by atoms with Crippen molar-refractivity contribution < 1.29 is 9.18 Å². The van der Waals surface area contributed by atoms with E-state index in [2.05, 4.69) is 10.6 Å². The third-order valence-corrected chi connectivity index (χ3v) is 3.84. The van der Waals surface area contributed by atoms with Crippen molar-refractivity contribution >= 4 is 11.6 Å². The SMILES string of the molecule is O=C1CCN(c2ccc(CNC3CC3)cc2F)CCN1. The average Bonchev–Trinajstić information content (AvgIpc) is 3.25. The van der Waals surface area contributed by atoms with Crippen molar-refractivity contribution in [1.29, 1.82) is 0 Å². The standard InChI is InChI=1S/C15H20FN3O/c16-13-9-11(10-18-12-2-3-12)1-4-14(13)19-7-5-15(20)17-6-8-19/h1,4,9,12,18H,2-3,5-8,10H2,(H,17,20). The van der Waals surface area contributed by atoms with E-state index in [0.717, 1.165) is 12.1 Å². The second-order valence-corrected chi connectivity index (χ2v) is 5.53. The van der Waals surface area contributed by atoms with Crippen LogP contribution in [0.25, 0.3) is 0 Å². The lowest BCUT2D eigenvalue weighted by Gasteiger charge is -2.22. The first-order valence-corrected chi connectivity index (χ1v) is 7.26. The first kappa shape index (κ1) is 13.4. The summed E-state index contributed by atoms with van der Waals surface area (Å²) in [6.07, 6.45) is 2.88. The van der Waals surface area contributed by atoms with Gasteiger partial charge < -0.3 is 15.5 Å². The summed E-state index contributed by atoms with van der Waals surface area (Å²) >= 11 is 0. The number of halogens is 1. The molecule has 1 aromatic carbocycles. The summed E-state index contributed by atoms with van der Waals surface area (Å²) in [6, 6.07) is 6.02. The molecule has 1 aliphatic carbocycles. The minimum Gasteiger partial charge on any atom is -0.367 e. The number of rotatable bonds is 4. The molecule has 0 unspecified atom stereocenters. The molecule has 20 heavy (non-hydrogen) atoms. The third-order valence-electron chi connectivity index (χ3n) is 3.84. The highest BCUT2D eigenvalue weighted by Gasteiger charge is 2.20. The van der Waals surface area contributed by atoms with Crippen molar-refractivity contribution in [2.75, 3.05) is 24.5 Å². The van der Waals surface area contributed by atoms with E-state index in [-0.39, 0.29) is 11.7 Å². The van der Waals surface area contributed by atoms with E-state index in [9.17, 15) is 9.18 Å². The van der Waals surface area contributed by atoms with Gasteiger partial charge in [0.1, 0.15) is 5.82 Å². The molecule has 0 spiro atoms. The van der Waals surface area contributed by atoms with Crippen molar-refractivity contribution in [2.45, 2.75) is 31.8 Å². The summed E-state index contributed by atoms with van der Waals surface area (Å²) in [6.45, 7) is 2.52. The summed E-state index contributed by atoms with van der Waals surface area (Å²) in [7, 11) is 0. The van der Waals surface area contributed by atoms with Crippen LogP contribution < -0.4 is 15.5 Å². The molecule has 0 atom stereocenters. The van der Waals surface area contributed by atoms with Gasteiger partial charge in [-0.05, 0) is 30.5 Å². The Bertz CT molecular complexity index is 502. The van der Waals surface area contributed by atoms with E-state index in [1.807, 2.05) is 17.0 Å². The highest BCUT2D eigenvalue weighted by molar-refractivity contribution is 5.77. The van der Waals surface area contributed by atoms with Crippen molar-refractivity contribution in [3.05, 3.63) is 29.6 Å². The van der Waals surface area contributed by atoms with E-state index in [1.165, 1.54) is 12.8 Å². The van der Waals surface area contributed by atoms with Gasteiger partial charge in [0, 0.05) is 38.6 Å². The Hall–Kier alpha value is -1.62. The van der Waals surface area contributed by atoms with Gasteiger partial charge in [-0.15, -0.1) is 0 Å². The van der Waals surface area contributed by atoms with Gasteiger partial charge in [-0.3, -0.25) is 4.79 Å². The van der Waals surface area contributed by atoms with Gasteiger partial charge in [-0.1, -0.05) is 6.07 Å². The van der Waals surface area contributed by atoms with Crippen LogP contribution in [0.2, 0.25) is 0 Å². The van der Waals surface area contributed by atoms with E-state index >= 15 is 0 Å². The smallest absolute Gasteiger partial charge is 0.221 e. The van der Waals surface area contributed by atoms with Gasteiger partial charge in [-0.2, -0.15) is 0 Å². The molecule has 1 aromatic rings. The zero-order valence-electron chi connectivity index (χ0n) is 11.5. The molecule has 0 aromatic heterocycles. The Labute approximate surface area is 118 Å². The molecular formula is C15H20FN3O. The predicted molar refractivity (Wildman–Crippen MR) is 76.1 cm³/mol. The second kappa shape index (κ2) is 5.79. The van der Waals surface area contributed by atoms with Crippen molar-refractivity contribution in [3.8, 4) is 0 Å². The number of nitrogens with one attached hydrogen (secondary N) is 2. The summed E-state index contributed by atoms with van der Waals surface area (Å²) < 4.78 is 14.2. The number of benzene rings is 1. The lowest BCUT2D eigenvalue weighted by molar-refractivity contribution is -0.120. The molecule has 2 fully saturated rings. The molecule has 2 N–H and O–H groups in total. The lowest BCUT2D eigenvalue weighted by atomic mass is 10.1. The highest BCUT2D eigenvalue weighted by Crippen LogP contribution is 2.23. The highest BCUT2D eigenvalue weighted by atomic mass is 19.1. The van der Waals surface area contributed by atoms with Gasteiger partial charge >= 0.3 is 0 Å². The maximum Gasteiger partial charge on any atom is 0.221 e. The van der Waals surface area contributed by atoms with Gasteiger partial charge in [-0.25, -0.2) is 4.39 Å². The maximum absolute atomic E-state index is 14.2. The van der Waals surface area contributed by atoms with Gasteiger partial charge in [0.15, 0.2) is 0 Å². The number of hydrogen-bond acceptors (Lipinski definition) is 3. The van der Waals surface area contributed by atoms with Crippen molar-refractivity contribution in [3.63, 3.8) is 0 Å². The minimum absolute atomic E-state index is 0.0400. The summed E-state index contributed by atoms with van der Waals surface area (Å²) in [5.74, 6) is -0.160. The Balaban J connectivity index is 1.67. The number of carbonyl (C=O) groups excluding carboxylic acids is 1. The van der Waals surface area contributed by atoms with Crippen LogP contribution in [-0.4, -0.2) is 31.6 Å². The molecule has 1 aliphatic heterocycles. The fourth-order valence-corrected chi connectivity index (χ4v) is 2.47. The van der Waals surface area contributed by atoms with Crippen LogP contribution in [0.15, 0.2) is 18.2 Å². The van der Waals surface area contributed by atoms with Crippen LogP contribution in [0.3, 0.4) is 0 Å². The van der Waals surface area contributed by atoms with E-state index in [1.54, 1.807) is 6.07 Å². The van der Waals surface area contributed by atoms with Crippen LogP contribution >= 0.6 is 0 Å². The largest absolute Gasteiger partial charge is 0.367 e. The van der Waals surface area contributed by atoms with Crippen LogP contribution in [0.4, 0.5) is 10.1 Å². The Morgan fingerprint density at radius 1 is 1.35 bits per heavy atom. The molecule has 108 valence electrons. The van der Waals surface area contributed by atoms with Crippen molar-refractivity contribution in [1.82, 2.24) is 10.6 Å².